The zero-order chi connectivity index (χ0) is 23.5. The first kappa shape index (κ1) is 22.5. The smallest absolute Gasteiger partial charge is 0.408 e. The van der Waals surface area contributed by atoms with Gasteiger partial charge in [-0.15, -0.1) is 0 Å². The SMILES string of the molecule is C[C@](Cc1c[nH]c2ccccc12)(NC(=O)O[C@@H]1C[C@@H]2CC[C@H]1C2)C(=O)NCCc1ccccc1. The first-order valence-corrected chi connectivity index (χ1v) is 12.4. The predicted molar refractivity (Wildman–Crippen MR) is 132 cm³/mol. The van der Waals surface area contributed by atoms with Gasteiger partial charge in [0.25, 0.3) is 0 Å². The highest BCUT2D eigenvalue weighted by Crippen LogP contribution is 2.45. The monoisotopic (exact) mass is 459 g/mol. The molecule has 2 saturated carbocycles. The van der Waals surface area contributed by atoms with Gasteiger partial charge >= 0.3 is 6.09 Å². The average Bonchev–Trinajstić information content (AvgIpc) is 3.56. The molecular weight excluding hydrogens is 426 g/mol. The second kappa shape index (κ2) is 9.53. The number of hydrogen-bond donors (Lipinski definition) is 3. The highest BCUT2D eigenvalue weighted by molar-refractivity contribution is 5.91. The maximum atomic E-state index is 13.4. The lowest BCUT2D eigenvalue weighted by molar-refractivity contribution is -0.127. The van der Waals surface area contributed by atoms with Gasteiger partial charge in [-0.25, -0.2) is 4.79 Å². The second-order valence-electron chi connectivity index (χ2n) is 10.1. The Morgan fingerprint density at radius 1 is 1.06 bits per heavy atom. The molecule has 3 aromatic rings. The van der Waals surface area contributed by atoms with Crippen LogP contribution in [0.1, 0.15) is 43.7 Å². The van der Waals surface area contributed by atoms with E-state index in [1.807, 2.05) is 60.8 Å². The molecule has 34 heavy (non-hydrogen) atoms. The number of nitrogens with one attached hydrogen (secondary N) is 3. The van der Waals surface area contributed by atoms with Crippen molar-refractivity contribution in [2.75, 3.05) is 6.54 Å². The number of carbonyl (C=O) groups is 2. The zero-order valence-electron chi connectivity index (χ0n) is 19.7. The molecule has 3 N–H and O–H groups in total. The quantitative estimate of drug-likeness (QED) is 0.455. The van der Waals surface area contributed by atoms with E-state index in [0.29, 0.717) is 24.8 Å². The van der Waals surface area contributed by atoms with E-state index < -0.39 is 11.6 Å². The lowest BCUT2D eigenvalue weighted by Gasteiger charge is -2.31. The number of hydrogen-bond acceptors (Lipinski definition) is 3. The number of amides is 2. The van der Waals surface area contributed by atoms with E-state index >= 15 is 0 Å². The van der Waals surface area contributed by atoms with Gasteiger partial charge in [0.2, 0.25) is 5.91 Å². The molecule has 1 aromatic heterocycles. The van der Waals surface area contributed by atoms with Crippen molar-refractivity contribution < 1.29 is 14.3 Å². The van der Waals surface area contributed by atoms with E-state index in [-0.39, 0.29) is 12.0 Å². The summed E-state index contributed by atoms with van der Waals surface area (Å²) in [5.41, 5.74) is 2.01. The number of rotatable bonds is 8. The highest BCUT2D eigenvalue weighted by atomic mass is 16.6. The first-order chi connectivity index (χ1) is 16.5. The van der Waals surface area contributed by atoms with Crippen LogP contribution in [0.5, 0.6) is 0 Å². The Morgan fingerprint density at radius 2 is 1.85 bits per heavy atom. The number of aromatic amines is 1. The molecule has 0 saturated heterocycles. The molecule has 6 nitrogen and oxygen atoms in total. The first-order valence-electron chi connectivity index (χ1n) is 12.4. The van der Waals surface area contributed by atoms with Crippen LogP contribution < -0.4 is 10.6 Å². The molecule has 2 aromatic carbocycles. The van der Waals surface area contributed by atoms with Crippen molar-refractivity contribution in [2.45, 2.75) is 57.1 Å². The minimum Gasteiger partial charge on any atom is -0.446 e. The Hall–Kier alpha value is -3.28. The van der Waals surface area contributed by atoms with Crippen molar-refractivity contribution in [3.05, 3.63) is 71.9 Å². The number of aromatic nitrogens is 1. The van der Waals surface area contributed by atoms with Crippen LogP contribution in [0.4, 0.5) is 4.79 Å². The lowest BCUT2D eigenvalue weighted by atomic mass is 9.91. The van der Waals surface area contributed by atoms with Gasteiger partial charge in [0.1, 0.15) is 11.6 Å². The van der Waals surface area contributed by atoms with E-state index in [1.165, 1.54) is 6.42 Å². The summed E-state index contributed by atoms with van der Waals surface area (Å²) in [5.74, 6) is 0.940. The number of ether oxygens (including phenoxy) is 1. The predicted octanol–water partition coefficient (Wildman–Crippen LogP) is 4.74. The Kier molecular flexibility index (Phi) is 6.31. The molecule has 178 valence electrons. The zero-order valence-corrected chi connectivity index (χ0v) is 19.7. The fraction of sp³-hybridized carbons (Fsp3) is 0.429. The molecule has 2 bridgehead atoms. The number of alkyl carbamates (subject to hydrolysis) is 1. The molecule has 0 unspecified atom stereocenters. The molecule has 2 aliphatic rings. The van der Waals surface area contributed by atoms with Crippen molar-refractivity contribution >= 4 is 22.9 Å². The van der Waals surface area contributed by atoms with Gasteiger partial charge in [0.05, 0.1) is 0 Å². The summed E-state index contributed by atoms with van der Waals surface area (Å²) < 4.78 is 5.83. The third kappa shape index (κ3) is 4.81. The molecule has 1 heterocycles. The number of H-pyrrole nitrogens is 1. The van der Waals surface area contributed by atoms with Crippen molar-refractivity contribution in [1.82, 2.24) is 15.6 Å². The highest BCUT2D eigenvalue weighted by Gasteiger charge is 2.43. The van der Waals surface area contributed by atoms with Gasteiger partial charge in [-0.3, -0.25) is 4.79 Å². The molecule has 0 radical (unpaired) electrons. The largest absolute Gasteiger partial charge is 0.446 e. The molecule has 0 aliphatic heterocycles. The Labute approximate surface area is 200 Å². The van der Waals surface area contributed by atoms with Gasteiger partial charge in [-0.2, -0.15) is 0 Å². The van der Waals surface area contributed by atoms with Gasteiger partial charge < -0.3 is 20.4 Å². The fourth-order valence-corrected chi connectivity index (χ4v) is 5.72. The van der Waals surface area contributed by atoms with Crippen LogP contribution in [0.2, 0.25) is 0 Å². The van der Waals surface area contributed by atoms with Gasteiger partial charge in [-0.1, -0.05) is 48.5 Å². The molecule has 2 amide bonds. The molecule has 4 atom stereocenters. The summed E-state index contributed by atoms with van der Waals surface area (Å²) >= 11 is 0. The maximum absolute atomic E-state index is 13.4. The minimum atomic E-state index is -1.14. The number of para-hydroxylation sites is 1. The third-order valence-electron chi connectivity index (χ3n) is 7.57. The standard InChI is InChI=1S/C28H33N3O3/c1-28(17-22-18-30-24-10-6-5-9-23(22)24,26(32)29-14-13-19-7-3-2-4-8-19)31-27(33)34-25-16-20-11-12-21(25)15-20/h2-10,18,20-21,25,30H,11-17H2,1H3,(H,29,32)(H,31,33)/t20-,21+,25-,28-/m1/s1. The molecule has 5 rings (SSSR count). The fourth-order valence-electron chi connectivity index (χ4n) is 5.72. The summed E-state index contributed by atoms with van der Waals surface area (Å²) in [6, 6.07) is 18.0. The Bertz CT molecular complexity index is 1160. The van der Waals surface area contributed by atoms with Crippen LogP contribution >= 0.6 is 0 Å². The van der Waals surface area contributed by atoms with Crippen molar-refractivity contribution in [1.29, 1.82) is 0 Å². The molecule has 0 spiro atoms. The van der Waals surface area contributed by atoms with E-state index in [4.69, 9.17) is 4.74 Å². The number of fused-ring (bicyclic) bond motifs is 3. The lowest BCUT2D eigenvalue weighted by Crippen LogP contribution is -2.59. The van der Waals surface area contributed by atoms with E-state index in [1.54, 1.807) is 6.92 Å². The Balaban J connectivity index is 1.29. The summed E-state index contributed by atoms with van der Waals surface area (Å²) in [6.45, 7) is 2.28. The van der Waals surface area contributed by atoms with Gasteiger partial charge in [-0.05, 0) is 68.1 Å². The van der Waals surface area contributed by atoms with Crippen LogP contribution in [0, 0.1) is 11.8 Å². The topological polar surface area (TPSA) is 83.2 Å². The molecular formula is C28H33N3O3. The summed E-state index contributed by atoms with van der Waals surface area (Å²) in [6.07, 6.45) is 6.96. The van der Waals surface area contributed by atoms with Crippen LogP contribution in [0.15, 0.2) is 60.8 Å². The minimum absolute atomic E-state index is 0.0303. The Morgan fingerprint density at radius 3 is 2.62 bits per heavy atom. The molecule has 2 aliphatic carbocycles. The van der Waals surface area contributed by atoms with Gasteiger partial charge in [0.15, 0.2) is 0 Å². The normalized spacial score (nSPS) is 22.9. The maximum Gasteiger partial charge on any atom is 0.408 e. The van der Waals surface area contributed by atoms with E-state index in [2.05, 4.69) is 15.6 Å². The summed E-state index contributed by atoms with van der Waals surface area (Å²) in [7, 11) is 0. The third-order valence-corrected chi connectivity index (χ3v) is 7.57. The van der Waals surface area contributed by atoms with E-state index in [9.17, 15) is 9.59 Å². The van der Waals surface area contributed by atoms with E-state index in [0.717, 1.165) is 47.7 Å². The number of benzene rings is 2. The summed E-state index contributed by atoms with van der Waals surface area (Å²) in [5, 5.41) is 7.03. The molecule has 2 fully saturated rings. The van der Waals surface area contributed by atoms with Crippen molar-refractivity contribution in [2.24, 2.45) is 11.8 Å². The van der Waals surface area contributed by atoms with Gasteiger partial charge in [0, 0.05) is 30.1 Å². The van der Waals surface area contributed by atoms with Crippen LogP contribution in [-0.4, -0.2) is 35.2 Å². The van der Waals surface area contributed by atoms with Crippen LogP contribution in [-0.2, 0) is 22.4 Å². The van der Waals surface area contributed by atoms with Crippen molar-refractivity contribution in [3.63, 3.8) is 0 Å². The second-order valence-corrected chi connectivity index (χ2v) is 10.1. The number of carbonyl (C=O) groups excluding carboxylic acids is 2. The van der Waals surface area contributed by atoms with Crippen LogP contribution in [0.25, 0.3) is 10.9 Å². The average molecular weight is 460 g/mol. The summed E-state index contributed by atoms with van der Waals surface area (Å²) in [4.78, 5) is 29.7. The van der Waals surface area contributed by atoms with Crippen LogP contribution in [0.3, 0.4) is 0 Å². The molecule has 6 heteroatoms. The van der Waals surface area contributed by atoms with Crippen molar-refractivity contribution in [3.8, 4) is 0 Å².